The van der Waals surface area contributed by atoms with E-state index < -0.39 is 44.9 Å². The monoisotopic (exact) mass is 588 g/mol. The van der Waals surface area contributed by atoms with Crippen LogP contribution in [-0.4, -0.2) is 30.8 Å². The zero-order valence-corrected chi connectivity index (χ0v) is 22.9. The van der Waals surface area contributed by atoms with Gasteiger partial charge in [-0.1, -0.05) is 61.5 Å². The van der Waals surface area contributed by atoms with E-state index in [4.69, 9.17) is 27.9 Å². The van der Waals surface area contributed by atoms with Crippen LogP contribution in [0, 0.1) is 5.82 Å². The average Bonchev–Trinajstić information content (AvgIpc) is 3.45. The first-order valence-electron chi connectivity index (χ1n) is 12.5. The molecule has 1 N–H and O–H groups in total. The third-order valence-electron chi connectivity index (χ3n) is 7.53. The summed E-state index contributed by atoms with van der Waals surface area (Å²) in [7, 11) is 0. The van der Waals surface area contributed by atoms with E-state index >= 15 is 0 Å². The van der Waals surface area contributed by atoms with Crippen LogP contribution in [0.1, 0.15) is 73.8 Å². The van der Waals surface area contributed by atoms with Gasteiger partial charge < -0.3 is 10.1 Å². The predicted molar refractivity (Wildman–Crippen MR) is 141 cm³/mol. The largest absolute Gasteiger partial charge is 0.409 e. The van der Waals surface area contributed by atoms with Gasteiger partial charge >= 0.3 is 6.18 Å². The lowest BCUT2D eigenvalue weighted by Crippen LogP contribution is -2.57. The van der Waals surface area contributed by atoms with Crippen LogP contribution in [0.4, 0.5) is 17.6 Å². The average molecular weight is 589 g/mol. The highest BCUT2D eigenvalue weighted by atomic mass is 35.5. The van der Waals surface area contributed by atoms with Gasteiger partial charge in [-0.25, -0.2) is 8.79 Å². The quantitative estimate of drug-likeness (QED) is 0.148. The molecule has 0 radical (unpaired) electrons. The second-order valence-corrected chi connectivity index (χ2v) is 11.9. The molecule has 0 saturated carbocycles. The third-order valence-corrected chi connectivity index (χ3v) is 9.31. The minimum absolute atomic E-state index is 0.0220. The highest BCUT2D eigenvalue weighted by Gasteiger charge is 2.60. The molecule has 5 rings (SSSR count). The minimum Gasteiger partial charge on any atom is -0.352 e. The van der Waals surface area contributed by atoms with Crippen LogP contribution in [0.15, 0.2) is 34.7 Å². The van der Waals surface area contributed by atoms with Gasteiger partial charge in [0.25, 0.3) is 0 Å². The van der Waals surface area contributed by atoms with E-state index in [2.05, 4.69) is 16.6 Å². The molecule has 204 valence electrons. The maximum atomic E-state index is 14.5. The summed E-state index contributed by atoms with van der Waals surface area (Å²) >= 11 is 12.1. The van der Waals surface area contributed by atoms with Crippen molar-refractivity contribution in [3.8, 4) is 0 Å². The number of Topliss-reactive ketones (excluding diaryl/α,β-unsaturated/α-hetero) is 1. The molecule has 2 atom stereocenters. The molecule has 0 bridgehead atoms. The van der Waals surface area contributed by atoms with Crippen LogP contribution in [0.25, 0.3) is 0 Å². The van der Waals surface area contributed by atoms with E-state index in [1.807, 2.05) is 6.07 Å². The molecular weight excluding hydrogens is 563 g/mol. The summed E-state index contributed by atoms with van der Waals surface area (Å²) in [4.78, 5) is 13.2. The van der Waals surface area contributed by atoms with E-state index in [0.717, 1.165) is 43.4 Å². The molecule has 2 aromatic carbocycles. The molecule has 0 aliphatic carbocycles. The summed E-state index contributed by atoms with van der Waals surface area (Å²) in [5.41, 5.74) is 1.41. The van der Waals surface area contributed by atoms with Gasteiger partial charge in [0.2, 0.25) is 0 Å². The molecule has 0 amide bonds. The third kappa shape index (κ3) is 4.68. The van der Waals surface area contributed by atoms with E-state index in [0.29, 0.717) is 42.6 Å². The smallest absolute Gasteiger partial charge is 0.352 e. The van der Waals surface area contributed by atoms with Crippen LogP contribution in [0.2, 0.25) is 10.0 Å². The number of carbonyl (C=O) groups is 1. The summed E-state index contributed by atoms with van der Waals surface area (Å²) < 4.78 is 65.6. The van der Waals surface area contributed by atoms with Gasteiger partial charge in [0.05, 0.1) is 15.8 Å². The molecule has 11 heteroatoms. The Bertz CT molecular complexity index is 1280. The summed E-state index contributed by atoms with van der Waals surface area (Å²) in [5.74, 6) is -0.992. The number of ether oxygens (including phenoxy) is 1. The standard InChI is InChI=1S/C27H26Cl2F4N2O2S/c1-2-3-4-5-6-22(36)24-17-9-15(7-8-18(17)25(37-24)13-34-14-25)21-12-26(38-35-21,27(31,32)33)16-10-19(28)23(30)20(29)11-16/h7-11,24,34H,2-6,12-14H2,1H3. The second kappa shape index (κ2) is 10.4. The van der Waals surface area contributed by atoms with Crippen molar-refractivity contribution in [3.05, 3.63) is 68.4 Å². The molecule has 2 unspecified atom stereocenters. The Balaban J connectivity index is 1.46. The van der Waals surface area contributed by atoms with Crippen LogP contribution in [0.3, 0.4) is 0 Å². The molecule has 3 aliphatic heterocycles. The fraction of sp³-hybridized carbons (Fsp3) is 0.481. The summed E-state index contributed by atoms with van der Waals surface area (Å²) in [6, 6.07) is 7.22. The number of hydrogen-bond donors (Lipinski definition) is 1. The predicted octanol–water partition coefficient (Wildman–Crippen LogP) is 7.84. The van der Waals surface area contributed by atoms with Gasteiger partial charge in [-0.3, -0.25) is 4.79 Å². The van der Waals surface area contributed by atoms with Crippen LogP contribution < -0.4 is 5.32 Å². The fourth-order valence-electron chi connectivity index (χ4n) is 5.30. The van der Waals surface area contributed by atoms with E-state index in [1.165, 1.54) is 0 Å². The number of alkyl halides is 3. The molecular formula is C27H26Cl2F4N2O2S. The first-order valence-corrected chi connectivity index (χ1v) is 14.1. The van der Waals surface area contributed by atoms with Gasteiger partial charge in [0.15, 0.2) is 16.3 Å². The van der Waals surface area contributed by atoms with Gasteiger partial charge in [-0.05, 0) is 58.8 Å². The van der Waals surface area contributed by atoms with Crippen molar-refractivity contribution in [1.82, 2.24) is 5.32 Å². The maximum absolute atomic E-state index is 14.5. The number of carbonyl (C=O) groups excluding carboxylic acids is 1. The first-order chi connectivity index (χ1) is 18.0. The molecule has 1 spiro atoms. The van der Waals surface area contributed by atoms with E-state index in [1.54, 1.807) is 12.1 Å². The number of ketones is 1. The summed E-state index contributed by atoms with van der Waals surface area (Å²) in [5, 5.41) is 2.22. The van der Waals surface area contributed by atoms with Crippen molar-refractivity contribution < 1.29 is 27.1 Å². The molecule has 3 heterocycles. The second-order valence-electron chi connectivity index (χ2n) is 10.1. The Kier molecular flexibility index (Phi) is 7.63. The lowest BCUT2D eigenvalue weighted by molar-refractivity contribution is -0.159. The minimum atomic E-state index is -4.73. The zero-order valence-electron chi connectivity index (χ0n) is 20.6. The number of nitrogens with one attached hydrogen (secondary N) is 1. The molecule has 2 aromatic rings. The lowest BCUT2D eigenvalue weighted by atomic mass is 9.84. The summed E-state index contributed by atoms with van der Waals surface area (Å²) in [6.45, 7) is 3.24. The Morgan fingerprint density at radius 3 is 2.47 bits per heavy atom. The van der Waals surface area contributed by atoms with Gasteiger partial charge in [0.1, 0.15) is 11.7 Å². The first kappa shape index (κ1) is 27.9. The van der Waals surface area contributed by atoms with Crippen molar-refractivity contribution in [2.45, 2.75) is 68.1 Å². The molecule has 0 aromatic heterocycles. The lowest BCUT2D eigenvalue weighted by Gasteiger charge is -2.39. The number of halogens is 6. The van der Waals surface area contributed by atoms with E-state index in [9.17, 15) is 22.4 Å². The van der Waals surface area contributed by atoms with Crippen molar-refractivity contribution in [1.29, 1.82) is 0 Å². The number of rotatable bonds is 8. The number of unbranched alkanes of at least 4 members (excludes halogenated alkanes) is 3. The Morgan fingerprint density at radius 2 is 1.87 bits per heavy atom. The molecule has 1 fully saturated rings. The number of benzene rings is 2. The van der Waals surface area contributed by atoms with Gasteiger partial charge in [-0.15, -0.1) is 0 Å². The molecule has 4 nitrogen and oxygen atoms in total. The molecule has 38 heavy (non-hydrogen) atoms. The molecule has 3 aliphatic rings. The Morgan fingerprint density at radius 1 is 1.16 bits per heavy atom. The highest BCUT2D eigenvalue weighted by molar-refractivity contribution is 7.99. The Labute approximate surface area is 232 Å². The topological polar surface area (TPSA) is 50.7 Å². The fourth-order valence-corrected chi connectivity index (χ4v) is 6.75. The van der Waals surface area contributed by atoms with Crippen LogP contribution in [-0.2, 0) is 19.9 Å². The highest BCUT2D eigenvalue weighted by Crippen LogP contribution is 2.57. The van der Waals surface area contributed by atoms with Crippen molar-refractivity contribution in [3.63, 3.8) is 0 Å². The van der Waals surface area contributed by atoms with Crippen molar-refractivity contribution in [2.24, 2.45) is 4.40 Å². The SMILES string of the molecule is CCCCCCC(=O)C1OC2(CNC2)c2ccc(C3=NSC(c4cc(Cl)c(F)c(Cl)c4)(C(F)(F)F)C3)cc21. The number of hydrogen-bond acceptors (Lipinski definition) is 5. The van der Waals surface area contributed by atoms with Gasteiger partial charge in [0, 0.05) is 25.9 Å². The normalized spacial score (nSPS) is 23.9. The van der Waals surface area contributed by atoms with Crippen molar-refractivity contribution >= 4 is 46.6 Å². The molecule has 1 saturated heterocycles. The number of fused-ring (bicyclic) bond motifs is 2. The summed E-state index contributed by atoms with van der Waals surface area (Å²) in [6.07, 6.45) is -1.76. The Hall–Kier alpha value is -1.65. The van der Waals surface area contributed by atoms with Crippen LogP contribution >= 0.6 is 35.1 Å². The maximum Gasteiger partial charge on any atom is 0.409 e. The zero-order chi connectivity index (χ0) is 27.3. The van der Waals surface area contributed by atoms with Gasteiger partial charge in [-0.2, -0.15) is 13.2 Å². The van der Waals surface area contributed by atoms with Crippen molar-refractivity contribution in [2.75, 3.05) is 13.1 Å². The van der Waals surface area contributed by atoms with E-state index in [-0.39, 0.29) is 17.1 Å². The van der Waals surface area contributed by atoms with Crippen LogP contribution in [0.5, 0.6) is 0 Å². The number of nitrogens with zero attached hydrogens (tertiary/aromatic N) is 1.